The summed E-state index contributed by atoms with van der Waals surface area (Å²) in [7, 11) is 1.59. The highest BCUT2D eigenvalue weighted by atomic mass is 16.5. The van der Waals surface area contributed by atoms with E-state index in [1.165, 1.54) is 6.92 Å². The van der Waals surface area contributed by atoms with Gasteiger partial charge in [0.05, 0.1) is 19.6 Å². The number of esters is 1. The Kier molecular flexibility index (Phi) is 6.05. The lowest BCUT2D eigenvalue weighted by Gasteiger charge is -2.29. The first-order valence-electron chi connectivity index (χ1n) is 8.74. The fourth-order valence-electron chi connectivity index (χ4n) is 3.02. The predicted molar refractivity (Wildman–Crippen MR) is 96.6 cm³/mol. The first-order valence-corrected chi connectivity index (χ1v) is 8.74. The van der Waals surface area contributed by atoms with E-state index in [2.05, 4.69) is 0 Å². The summed E-state index contributed by atoms with van der Waals surface area (Å²) in [6, 6.07) is 6.98. The van der Waals surface area contributed by atoms with Gasteiger partial charge in [0.25, 0.3) is 0 Å². The number of ketones is 1. The summed E-state index contributed by atoms with van der Waals surface area (Å²) < 4.78 is 10.5. The average molecular weight is 361 g/mol. The molecular formula is C20H27NO5. The molecule has 0 unspecified atom stereocenters. The molecule has 26 heavy (non-hydrogen) atoms. The predicted octanol–water partition coefficient (Wildman–Crippen LogP) is 2.73. The molecule has 6 heteroatoms. The third-order valence-corrected chi connectivity index (χ3v) is 4.59. The molecule has 1 saturated heterocycles. The van der Waals surface area contributed by atoms with Gasteiger partial charge in [-0.3, -0.25) is 14.4 Å². The largest absolute Gasteiger partial charge is 0.497 e. The maximum absolute atomic E-state index is 12.5. The number of rotatable bonds is 6. The van der Waals surface area contributed by atoms with Crippen LogP contribution in [0.25, 0.3) is 0 Å². The number of benzene rings is 1. The Bertz CT molecular complexity index is 674. The van der Waals surface area contributed by atoms with E-state index in [1.807, 2.05) is 45.0 Å². The zero-order valence-corrected chi connectivity index (χ0v) is 16.1. The van der Waals surface area contributed by atoms with Crippen LogP contribution in [-0.4, -0.2) is 41.8 Å². The number of Topliss-reactive ketones (excluding diaryl/α,β-unsaturated/α-hetero) is 1. The molecule has 1 aromatic rings. The van der Waals surface area contributed by atoms with E-state index < -0.39 is 23.5 Å². The number of nitrogens with zero attached hydrogens (tertiary/aromatic N) is 1. The monoisotopic (exact) mass is 361 g/mol. The van der Waals surface area contributed by atoms with Crippen LogP contribution in [0.3, 0.4) is 0 Å². The van der Waals surface area contributed by atoms with Gasteiger partial charge < -0.3 is 14.4 Å². The van der Waals surface area contributed by atoms with Gasteiger partial charge >= 0.3 is 5.97 Å². The van der Waals surface area contributed by atoms with Gasteiger partial charge in [-0.15, -0.1) is 0 Å². The van der Waals surface area contributed by atoms with Crippen LogP contribution < -0.4 is 4.74 Å². The topological polar surface area (TPSA) is 72.9 Å². The van der Waals surface area contributed by atoms with Crippen LogP contribution in [0.15, 0.2) is 24.3 Å². The third kappa shape index (κ3) is 4.84. The molecule has 2 rings (SSSR count). The Balaban J connectivity index is 2.22. The second kappa shape index (κ2) is 7.89. The molecule has 1 amide bonds. The van der Waals surface area contributed by atoms with Crippen LogP contribution in [0.1, 0.15) is 46.1 Å². The zero-order chi connectivity index (χ0) is 19.5. The SMILES string of the molecule is COc1ccc(CN2C(=O)C[C@H](OC(C)=O)[C@H]2CC(=O)C(C)(C)C)cc1. The quantitative estimate of drug-likeness (QED) is 0.729. The van der Waals surface area contributed by atoms with Crippen LogP contribution in [0.4, 0.5) is 0 Å². The van der Waals surface area contributed by atoms with E-state index in [4.69, 9.17) is 9.47 Å². The minimum Gasteiger partial charge on any atom is -0.497 e. The van der Waals surface area contributed by atoms with E-state index in [9.17, 15) is 14.4 Å². The molecule has 1 aliphatic heterocycles. The number of hydrogen-bond acceptors (Lipinski definition) is 5. The summed E-state index contributed by atoms with van der Waals surface area (Å²) in [6.07, 6.45) is -0.314. The van der Waals surface area contributed by atoms with Crippen molar-refractivity contribution in [3.63, 3.8) is 0 Å². The fraction of sp³-hybridized carbons (Fsp3) is 0.550. The van der Waals surface area contributed by atoms with E-state index >= 15 is 0 Å². The number of carbonyl (C=O) groups is 3. The van der Waals surface area contributed by atoms with Crippen LogP contribution in [0.2, 0.25) is 0 Å². The maximum atomic E-state index is 12.5. The Morgan fingerprint density at radius 2 is 1.81 bits per heavy atom. The van der Waals surface area contributed by atoms with Crippen molar-refractivity contribution < 1.29 is 23.9 Å². The molecule has 0 N–H and O–H groups in total. The molecule has 1 aliphatic rings. The third-order valence-electron chi connectivity index (χ3n) is 4.59. The number of likely N-dealkylation sites (tertiary alicyclic amines) is 1. The minimum atomic E-state index is -0.593. The fourth-order valence-corrected chi connectivity index (χ4v) is 3.02. The molecule has 0 aromatic heterocycles. The molecule has 1 aromatic carbocycles. The second-order valence-electron chi connectivity index (χ2n) is 7.67. The normalized spacial score (nSPS) is 20.2. The molecule has 2 atom stereocenters. The molecule has 1 heterocycles. The standard InChI is InChI=1S/C20H27NO5/c1-13(22)26-17-11-19(24)21(16(17)10-18(23)20(2,3)4)12-14-6-8-15(25-5)9-7-14/h6-9,16-17H,10-12H2,1-5H3/t16-,17+/m1/s1. The lowest BCUT2D eigenvalue weighted by atomic mass is 9.86. The molecule has 0 radical (unpaired) electrons. The van der Waals surface area contributed by atoms with Gasteiger partial charge in [0, 0.05) is 25.3 Å². The summed E-state index contributed by atoms with van der Waals surface area (Å²) in [5.41, 5.74) is 0.411. The van der Waals surface area contributed by atoms with Crippen molar-refractivity contribution in [2.45, 2.75) is 59.2 Å². The van der Waals surface area contributed by atoms with Crippen molar-refractivity contribution in [2.75, 3.05) is 7.11 Å². The summed E-state index contributed by atoms with van der Waals surface area (Å²) in [6.45, 7) is 7.23. The number of carbonyl (C=O) groups excluding carboxylic acids is 3. The van der Waals surface area contributed by atoms with Gasteiger partial charge in [0.2, 0.25) is 5.91 Å². The van der Waals surface area contributed by atoms with Gasteiger partial charge in [-0.2, -0.15) is 0 Å². The number of amides is 1. The number of methoxy groups -OCH3 is 1. The van der Waals surface area contributed by atoms with E-state index in [-0.39, 0.29) is 24.5 Å². The van der Waals surface area contributed by atoms with Crippen molar-refractivity contribution in [1.29, 1.82) is 0 Å². The molecule has 0 spiro atoms. The lowest BCUT2D eigenvalue weighted by molar-refractivity contribution is -0.148. The zero-order valence-electron chi connectivity index (χ0n) is 16.1. The highest BCUT2D eigenvalue weighted by Crippen LogP contribution is 2.30. The van der Waals surface area contributed by atoms with Crippen LogP contribution in [-0.2, 0) is 25.7 Å². The second-order valence-corrected chi connectivity index (χ2v) is 7.67. The number of ether oxygens (including phenoxy) is 2. The summed E-state index contributed by atoms with van der Waals surface area (Å²) in [4.78, 5) is 38.2. The van der Waals surface area contributed by atoms with Crippen molar-refractivity contribution in [3.8, 4) is 5.75 Å². The number of hydrogen-bond donors (Lipinski definition) is 0. The minimum absolute atomic E-state index is 0.0362. The molecule has 0 bridgehead atoms. The van der Waals surface area contributed by atoms with E-state index in [1.54, 1.807) is 12.0 Å². The highest BCUT2D eigenvalue weighted by molar-refractivity contribution is 5.87. The summed E-state index contributed by atoms with van der Waals surface area (Å²) >= 11 is 0. The van der Waals surface area contributed by atoms with Gasteiger partial charge in [0.1, 0.15) is 17.6 Å². The Morgan fingerprint density at radius 1 is 1.19 bits per heavy atom. The Morgan fingerprint density at radius 3 is 2.31 bits per heavy atom. The van der Waals surface area contributed by atoms with Crippen LogP contribution >= 0.6 is 0 Å². The first kappa shape index (κ1) is 19.9. The molecule has 0 saturated carbocycles. The lowest BCUT2D eigenvalue weighted by Crippen LogP contribution is -2.41. The molecule has 142 valence electrons. The van der Waals surface area contributed by atoms with E-state index in [0.29, 0.717) is 6.54 Å². The van der Waals surface area contributed by atoms with Crippen molar-refractivity contribution in [3.05, 3.63) is 29.8 Å². The van der Waals surface area contributed by atoms with Gasteiger partial charge in [-0.25, -0.2) is 0 Å². The molecule has 0 aliphatic carbocycles. The van der Waals surface area contributed by atoms with Crippen molar-refractivity contribution in [1.82, 2.24) is 4.90 Å². The Hall–Kier alpha value is -2.37. The Labute approximate surface area is 154 Å². The van der Waals surface area contributed by atoms with Gasteiger partial charge in [-0.05, 0) is 17.7 Å². The molecule has 1 fully saturated rings. The van der Waals surface area contributed by atoms with Gasteiger partial charge in [-0.1, -0.05) is 32.9 Å². The average Bonchev–Trinajstić information content (AvgIpc) is 2.82. The smallest absolute Gasteiger partial charge is 0.302 e. The summed E-state index contributed by atoms with van der Waals surface area (Å²) in [5, 5.41) is 0. The summed E-state index contributed by atoms with van der Waals surface area (Å²) in [5.74, 6) is 0.217. The van der Waals surface area contributed by atoms with Crippen LogP contribution in [0.5, 0.6) is 5.75 Å². The molecule has 6 nitrogen and oxygen atoms in total. The van der Waals surface area contributed by atoms with Gasteiger partial charge in [0.15, 0.2) is 0 Å². The molecular weight excluding hydrogens is 334 g/mol. The maximum Gasteiger partial charge on any atom is 0.302 e. The van der Waals surface area contributed by atoms with E-state index in [0.717, 1.165) is 11.3 Å². The highest BCUT2D eigenvalue weighted by Gasteiger charge is 2.43. The van der Waals surface area contributed by atoms with Crippen LogP contribution in [0, 0.1) is 5.41 Å². The first-order chi connectivity index (χ1) is 12.1. The van der Waals surface area contributed by atoms with Crippen molar-refractivity contribution in [2.24, 2.45) is 5.41 Å². The van der Waals surface area contributed by atoms with Crippen molar-refractivity contribution >= 4 is 17.7 Å².